The molecule has 1 aliphatic carbocycles. The zero-order valence-corrected chi connectivity index (χ0v) is 15.7. The summed E-state index contributed by atoms with van der Waals surface area (Å²) in [6.07, 6.45) is 4.29. The first kappa shape index (κ1) is 19.2. The molecule has 4 rings (SSSR count). The van der Waals surface area contributed by atoms with Crippen molar-refractivity contribution in [2.75, 3.05) is 0 Å². The summed E-state index contributed by atoms with van der Waals surface area (Å²) in [6, 6.07) is 10.4. The van der Waals surface area contributed by atoms with Gasteiger partial charge in [0, 0.05) is 18.9 Å². The monoisotopic (exact) mass is 399 g/mol. The van der Waals surface area contributed by atoms with E-state index in [0.29, 0.717) is 30.9 Å². The third kappa shape index (κ3) is 4.83. The van der Waals surface area contributed by atoms with Crippen LogP contribution in [0.25, 0.3) is 0 Å². The molecular formula is C21H22FN3O4. The molecule has 29 heavy (non-hydrogen) atoms. The fourth-order valence-corrected chi connectivity index (χ4v) is 3.60. The van der Waals surface area contributed by atoms with E-state index in [4.69, 9.17) is 9.15 Å². The molecule has 1 saturated carbocycles. The number of aliphatic hydroxyl groups excluding tert-OH is 1. The van der Waals surface area contributed by atoms with Crippen molar-refractivity contribution >= 4 is 5.91 Å². The molecule has 2 aromatic heterocycles. The van der Waals surface area contributed by atoms with E-state index in [2.05, 4.69) is 10.4 Å². The Morgan fingerprint density at radius 2 is 2.10 bits per heavy atom. The zero-order chi connectivity index (χ0) is 20.2. The average Bonchev–Trinajstić information content (AvgIpc) is 3.44. The van der Waals surface area contributed by atoms with Crippen LogP contribution in [0.1, 0.15) is 29.2 Å². The van der Waals surface area contributed by atoms with Gasteiger partial charge >= 0.3 is 0 Å². The molecule has 0 spiro atoms. The van der Waals surface area contributed by atoms with Gasteiger partial charge in [0.1, 0.15) is 23.9 Å². The molecule has 1 unspecified atom stereocenters. The number of aliphatic hydroxyl groups is 1. The smallest absolute Gasteiger partial charge is 0.287 e. The van der Waals surface area contributed by atoms with E-state index in [1.807, 2.05) is 16.9 Å². The summed E-state index contributed by atoms with van der Waals surface area (Å²) in [7, 11) is 0. The van der Waals surface area contributed by atoms with Gasteiger partial charge in [0.2, 0.25) is 0 Å². The summed E-state index contributed by atoms with van der Waals surface area (Å²) < 4.78 is 25.8. The van der Waals surface area contributed by atoms with Crippen LogP contribution in [0.3, 0.4) is 0 Å². The first-order chi connectivity index (χ1) is 14.1. The summed E-state index contributed by atoms with van der Waals surface area (Å²) in [6.45, 7) is 0.832. The lowest BCUT2D eigenvalue weighted by atomic mass is 10.1. The highest BCUT2D eigenvalue weighted by molar-refractivity contribution is 5.91. The van der Waals surface area contributed by atoms with Crippen molar-refractivity contribution in [2.24, 2.45) is 5.92 Å². The number of hydrogen-bond acceptors (Lipinski definition) is 5. The predicted octanol–water partition coefficient (Wildman–Crippen LogP) is 2.76. The number of halogens is 1. The Bertz CT molecular complexity index is 939. The fraction of sp³-hybridized carbons (Fsp3) is 0.333. The Balaban J connectivity index is 1.29. The number of hydrogen-bond donors (Lipinski definition) is 2. The zero-order valence-electron chi connectivity index (χ0n) is 15.7. The van der Waals surface area contributed by atoms with Crippen LogP contribution in [0.5, 0.6) is 5.75 Å². The van der Waals surface area contributed by atoms with Crippen LogP contribution < -0.4 is 10.1 Å². The van der Waals surface area contributed by atoms with E-state index in [1.165, 1.54) is 24.3 Å². The second-order valence-corrected chi connectivity index (χ2v) is 7.22. The second-order valence-electron chi connectivity index (χ2n) is 7.22. The van der Waals surface area contributed by atoms with Gasteiger partial charge in [0.25, 0.3) is 5.91 Å². The van der Waals surface area contributed by atoms with Gasteiger partial charge in [-0.05, 0) is 61.2 Å². The Kier molecular flexibility index (Phi) is 5.62. The minimum atomic E-state index is -0.601. The SMILES string of the molecule is O=C(N[C@@H]1CC(Cn2cccn2)C[C@H]1O)c1ccc(COc2ccc(F)cc2)o1. The molecule has 152 valence electrons. The van der Waals surface area contributed by atoms with Gasteiger partial charge in [-0.2, -0.15) is 5.10 Å². The van der Waals surface area contributed by atoms with Crippen molar-refractivity contribution in [3.63, 3.8) is 0 Å². The van der Waals surface area contributed by atoms with Crippen molar-refractivity contribution in [2.45, 2.75) is 38.1 Å². The second kappa shape index (κ2) is 8.48. The number of furan rings is 1. The van der Waals surface area contributed by atoms with E-state index in [1.54, 1.807) is 18.3 Å². The summed E-state index contributed by atoms with van der Waals surface area (Å²) in [5.74, 6) is 0.670. The number of amides is 1. The van der Waals surface area contributed by atoms with Crippen LogP contribution >= 0.6 is 0 Å². The highest BCUT2D eigenvalue weighted by Crippen LogP contribution is 2.28. The van der Waals surface area contributed by atoms with Crippen LogP contribution in [0.2, 0.25) is 0 Å². The molecule has 0 bridgehead atoms. The quantitative estimate of drug-likeness (QED) is 0.638. The number of nitrogens with one attached hydrogen (secondary N) is 1. The number of rotatable bonds is 7. The van der Waals surface area contributed by atoms with Gasteiger partial charge in [0.15, 0.2) is 5.76 Å². The highest BCUT2D eigenvalue weighted by Gasteiger charge is 2.34. The van der Waals surface area contributed by atoms with E-state index in [0.717, 1.165) is 0 Å². The number of nitrogens with zero attached hydrogens (tertiary/aromatic N) is 2. The third-order valence-electron chi connectivity index (χ3n) is 5.03. The van der Waals surface area contributed by atoms with E-state index in [-0.39, 0.29) is 36.1 Å². The topological polar surface area (TPSA) is 89.5 Å². The van der Waals surface area contributed by atoms with E-state index >= 15 is 0 Å². The maximum absolute atomic E-state index is 12.9. The molecule has 1 fully saturated rings. The molecule has 7 nitrogen and oxygen atoms in total. The van der Waals surface area contributed by atoms with E-state index in [9.17, 15) is 14.3 Å². The van der Waals surface area contributed by atoms with Crippen molar-refractivity contribution < 1.29 is 23.4 Å². The standard InChI is InChI=1S/C21H22FN3O4/c22-15-2-4-16(5-3-15)28-13-17-6-7-20(29-17)21(27)24-18-10-14(11-19(18)26)12-25-9-1-8-23-25/h1-9,14,18-19,26H,10-13H2,(H,24,27)/t14?,18-,19-/m1/s1. The molecular weight excluding hydrogens is 377 g/mol. The number of carbonyl (C=O) groups is 1. The highest BCUT2D eigenvalue weighted by atomic mass is 19.1. The van der Waals surface area contributed by atoms with Crippen LogP contribution in [0.4, 0.5) is 4.39 Å². The lowest BCUT2D eigenvalue weighted by molar-refractivity contribution is 0.0842. The lowest BCUT2D eigenvalue weighted by Gasteiger charge is -2.15. The number of aromatic nitrogens is 2. The Labute approximate surface area is 167 Å². The van der Waals surface area contributed by atoms with Crippen molar-refractivity contribution in [1.29, 1.82) is 0 Å². The third-order valence-corrected chi connectivity index (χ3v) is 5.03. The Hall–Kier alpha value is -3.13. The van der Waals surface area contributed by atoms with Gasteiger partial charge in [-0.15, -0.1) is 0 Å². The van der Waals surface area contributed by atoms with Crippen molar-refractivity contribution in [3.8, 4) is 5.75 Å². The van der Waals surface area contributed by atoms with Gasteiger partial charge in [0.05, 0.1) is 12.1 Å². The summed E-state index contributed by atoms with van der Waals surface area (Å²) in [5, 5.41) is 17.3. The normalized spacial score (nSPS) is 21.2. The minimum absolute atomic E-state index is 0.122. The average molecular weight is 399 g/mol. The Morgan fingerprint density at radius 3 is 2.86 bits per heavy atom. The first-order valence-corrected chi connectivity index (χ1v) is 9.50. The predicted molar refractivity (Wildman–Crippen MR) is 102 cm³/mol. The number of carbonyl (C=O) groups excluding carboxylic acids is 1. The molecule has 0 saturated heterocycles. The van der Waals surface area contributed by atoms with Crippen LogP contribution in [-0.2, 0) is 13.2 Å². The Morgan fingerprint density at radius 1 is 1.28 bits per heavy atom. The molecule has 3 aromatic rings. The maximum Gasteiger partial charge on any atom is 0.287 e. The van der Waals surface area contributed by atoms with Crippen LogP contribution in [0, 0.1) is 11.7 Å². The van der Waals surface area contributed by atoms with Gasteiger partial charge < -0.3 is 19.6 Å². The molecule has 2 heterocycles. The van der Waals surface area contributed by atoms with Crippen molar-refractivity contribution in [1.82, 2.24) is 15.1 Å². The summed E-state index contributed by atoms with van der Waals surface area (Å²) in [5.41, 5.74) is 0. The first-order valence-electron chi connectivity index (χ1n) is 9.50. The molecule has 1 amide bonds. The maximum atomic E-state index is 12.9. The van der Waals surface area contributed by atoms with Crippen LogP contribution in [-0.4, -0.2) is 32.9 Å². The van der Waals surface area contributed by atoms with Gasteiger partial charge in [-0.25, -0.2) is 4.39 Å². The van der Waals surface area contributed by atoms with Gasteiger partial charge in [-0.3, -0.25) is 9.48 Å². The fourth-order valence-electron chi connectivity index (χ4n) is 3.60. The molecule has 8 heteroatoms. The summed E-state index contributed by atoms with van der Waals surface area (Å²) in [4.78, 5) is 12.5. The molecule has 2 N–H and O–H groups in total. The molecule has 1 aliphatic rings. The minimum Gasteiger partial charge on any atom is -0.486 e. The molecule has 3 atom stereocenters. The number of ether oxygens (including phenoxy) is 1. The lowest BCUT2D eigenvalue weighted by Crippen LogP contribution is -2.39. The molecule has 1 aromatic carbocycles. The van der Waals surface area contributed by atoms with E-state index < -0.39 is 6.10 Å². The summed E-state index contributed by atoms with van der Waals surface area (Å²) >= 11 is 0. The van der Waals surface area contributed by atoms with Gasteiger partial charge in [-0.1, -0.05) is 0 Å². The molecule has 0 radical (unpaired) electrons. The molecule has 0 aliphatic heterocycles. The van der Waals surface area contributed by atoms with Crippen LogP contribution in [0.15, 0.2) is 59.3 Å². The largest absolute Gasteiger partial charge is 0.486 e. The van der Waals surface area contributed by atoms with Crippen molar-refractivity contribution in [3.05, 3.63) is 72.2 Å². The number of benzene rings is 1.